The van der Waals surface area contributed by atoms with E-state index >= 15 is 0 Å². The summed E-state index contributed by atoms with van der Waals surface area (Å²) in [5, 5.41) is 4.83. The standard InChI is InChI=1S/C7H8N6O2.CH4/c1-8-6(14)12-4-3-5(10-2-9-4)13-7(15)11-3;/h2H,1H3,(H4,8,9,10,11,12,13,14,15);1H4. The van der Waals surface area contributed by atoms with Gasteiger partial charge in [-0.1, -0.05) is 7.43 Å². The number of carbonyl (C=O) groups excluding carboxylic acids is 1. The molecule has 0 radical (unpaired) electrons. The van der Waals surface area contributed by atoms with E-state index in [1.54, 1.807) is 0 Å². The Bertz CT molecular complexity index is 557. The molecular formula is C8H12N6O2. The maximum Gasteiger partial charge on any atom is 0.325 e. The van der Waals surface area contributed by atoms with Crippen LogP contribution in [0.25, 0.3) is 11.2 Å². The number of H-pyrrole nitrogens is 2. The quantitative estimate of drug-likeness (QED) is 0.547. The Hall–Kier alpha value is -2.38. The van der Waals surface area contributed by atoms with Gasteiger partial charge in [0, 0.05) is 7.05 Å². The molecule has 86 valence electrons. The summed E-state index contributed by atoms with van der Waals surface area (Å²) >= 11 is 0. The molecule has 2 aromatic rings. The van der Waals surface area contributed by atoms with Gasteiger partial charge in [0.25, 0.3) is 0 Å². The minimum atomic E-state index is -0.419. The SMILES string of the molecule is C.CNC(=O)Nc1ncnc2[nH]c(=O)[nH]c12. The van der Waals surface area contributed by atoms with Crippen LogP contribution in [-0.2, 0) is 0 Å². The van der Waals surface area contributed by atoms with Gasteiger partial charge in [-0.05, 0) is 0 Å². The summed E-state index contributed by atoms with van der Waals surface area (Å²) in [5.41, 5.74) is 0.318. The Morgan fingerprint density at radius 1 is 1.38 bits per heavy atom. The molecule has 0 atom stereocenters. The molecule has 2 amide bonds. The highest BCUT2D eigenvalue weighted by Gasteiger charge is 2.08. The van der Waals surface area contributed by atoms with E-state index < -0.39 is 11.7 Å². The summed E-state index contributed by atoms with van der Waals surface area (Å²) in [6, 6.07) is -0.419. The lowest BCUT2D eigenvalue weighted by atomic mass is 10.5. The van der Waals surface area contributed by atoms with Gasteiger partial charge in [0.1, 0.15) is 11.8 Å². The molecule has 0 spiro atoms. The van der Waals surface area contributed by atoms with Crippen LogP contribution in [0.3, 0.4) is 0 Å². The lowest BCUT2D eigenvalue weighted by Gasteiger charge is -2.02. The highest BCUT2D eigenvalue weighted by Crippen LogP contribution is 2.12. The second-order valence-electron chi connectivity index (χ2n) is 2.73. The molecule has 16 heavy (non-hydrogen) atoms. The molecule has 0 bridgehead atoms. The first-order chi connectivity index (χ1) is 7.20. The number of urea groups is 1. The van der Waals surface area contributed by atoms with Crippen LogP contribution < -0.4 is 16.3 Å². The van der Waals surface area contributed by atoms with Gasteiger partial charge in [-0.25, -0.2) is 19.6 Å². The van der Waals surface area contributed by atoms with E-state index in [0.29, 0.717) is 11.2 Å². The van der Waals surface area contributed by atoms with Gasteiger partial charge >= 0.3 is 11.7 Å². The van der Waals surface area contributed by atoms with Crippen LogP contribution in [0.5, 0.6) is 0 Å². The zero-order chi connectivity index (χ0) is 10.8. The molecule has 0 aliphatic heterocycles. The number of carbonyl (C=O) groups is 1. The Labute approximate surface area is 90.5 Å². The number of fused-ring (bicyclic) bond motifs is 1. The molecule has 0 unspecified atom stereocenters. The van der Waals surface area contributed by atoms with E-state index in [1.165, 1.54) is 13.4 Å². The van der Waals surface area contributed by atoms with E-state index in [4.69, 9.17) is 0 Å². The summed E-state index contributed by atoms with van der Waals surface area (Å²) in [6.45, 7) is 0. The number of aromatic nitrogens is 4. The number of nitrogens with one attached hydrogen (secondary N) is 4. The van der Waals surface area contributed by atoms with E-state index in [0.717, 1.165) is 0 Å². The van der Waals surface area contributed by atoms with Gasteiger partial charge in [0.05, 0.1) is 0 Å². The van der Waals surface area contributed by atoms with E-state index in [2.05, 4.69) is 30.6 Å². The molecule has 2 heterocycles. The van der Waals surface area contributed by atoms with Gasteiger partial charge in [-0.2, -0.15) is 0 Å². The highest BCUT2D eigenvalue weighted by atomic mass is 16.2. The van der Waals surface area contributed by atoms with Gasteiger partial charge in [-0.15, -0.1) is 0 Å². The van der Waals surface area contributed by atoms with Crippen molar-refractivity contribution in [3.63, 3.8) is 0 Å². The number of hydrogen-bond donors (Lipinski definition) is 4. The number of imidazole rings is 1. The van der Waals surface area contributed by atoms with Crippen LogP contribution in [0.1, 0.15) is 7.43 Å². The Morgan fingerprint density at radius 2 is 2.12 bits per heavy atom. The topological polar surface area (TPSA) is 116 Å². The lowest BCUT2D eigenvalue weighted by molar-refractivity contribution is 0.254. The van der Waals surface area contributed by atoms with Crippen molar-refractivity contribution in [2.45, 2.75) is 7.43 Å². The third-order valence-electron chi connectivity index (χ3n) is 1.78. The van der Waals surface area contributed by atoms with Gasteiger partial charge < -0.3 is 10.3 Å². The molecule has 8 heteroatoms. The van der Waals surface area contributed by atoms with Gasteiger partial charge in [-0.3, -0.25) is 10.3 Å². The summed E-state index contributed by atoms with van der Waals surface area (Å²) in [7, 11) is 1.48. The van der Waals surface area contributed by atoms with Crippen LogP contribution >= 0.6 is 0 Å². The highest BCUT2D eigenvalue weighted by molar-refractivity contribution is 5.95. The minimum Gasteiger partial charge on any atom is -0.341 e. The van der Waals surface area contributed by atoms with Crippen molar-refractivity contribution in [3.8, 4) is 0 Å². The largest absolute Gasteiger partial charge is 0.341 e. The van der Waals surface area contributed by atoms with Crippen LogP contribution in [-0.4, -0.2) is 33.0 Å². The first-order valence-corrected chi connectivity index (χ1v) is 4.12. The van der Waals surface area contributed by atoms with Crippen LogP contribution in [0.15, 0.2) is 11.1 Å². The third-order valence-corrected chi connectivity index (χ3v) is 1.78. The average Bonchev–Trinajstić information content (AvgIpc) is 2.59. The molecule has 0 aromatic carbocycles. The average molecular weight is 224 g/mol. The fourth-order valence-electron chi connectivity index (χ4n) is 1.12. The predicted octanol–water partition coefficient (Wildman–Crippen LogP) is 0.0336. The van der Waals surface area contributed by atoms with Crippen molar-refractivity contribution in [2.24, 2.45) is 0 Å². The fraction of sp³-hybridized carbons (Fsp3) is 0.250. The van der Waals surface area contributed by atoms with Crippen molar-refractivity contribution >= 4 is 23.0 Å². The molecule has 0 fully saturated rings. The van der Waals surface area contributed by atoms with E-state index in [1.807, 2.05) is 0 Å². The van der Waals surface area contributed by atoms with E-state index in [-0.39, 0.29) is 13.2 Å². The zero-order valence-corrected chi connectivity index (χ0v) is 7.79. The Morgan fingerprint density at radius 3 is 2.81 bits per heavy atom. The van der Waals surface area contributed by atoms with Crippen molar-refractivity contribution in [3.05, 3.63) is 16.8 Å². The third kappa shape index (κ3) is 2.00. The fourth-order valence-corrected chi connectivity index (χ4v) is 1.12. The maximum atomic E-state index is 11.0. The molecule has 0 saturated carbocycles. The molecule has 2 rings (SSSR count). The van der Waals surface area contributed by atoms with Crippen molar-refractivity contribution < 1.29 is 4.79 Å². The first kappa shape index (κ1) is 11.7. The number of anilines is 1. The smallest absolute Gasteiger partial charge is 0.325 e. The second kappa shape index (κ2) is 4.43. The summed E-state index contributed by atoms with van der Waals surface area (Å²) in [6.07, 6.45) is 1.25. The summed E-state index contributed by atoms with van der Waals surface area (Å²) in [5.74, 6) is 0.248. The number of rotatable bonds is 1. The molecule has 4 N–H and O–H groups in total. The van der Waals surface area contributed by atoms with Crippen LogP contribution in [0, 0.1) is 0 Å². The predicted molar refractivity (Wildman–Crippen MR) is 59.3 cm³/mol. The normalized spacial score (nSPS) is 9.56. The molecule has 0 saturated heterocycles. The molecular weight excluding hydrogens is 212 g/mol. The number of aromatic amines is 2. The van der Waals surface area contributed by atoms with Gasteiger partial charge in [0.15, 0.2) is 11.5 Å². The van der Waals surface area contributed by atoms with Crippen molar-refractivity contribution in [1.82, 2.24) is 25.3 Å². The Kier molecular flexibility index (Phi) is 3.24. The second-order valence-corrected chi connectivity index (χ2v) is 2.73. The maximum absolute atomic E-state index is 11.0. The van der Waals surface area contributed by atoms with Crippen LogP contribution in [0.4, 0.5) is 10.6 Å². The molecule has 8 nitrogen and oxygen atoms in total. The van der Waals surface area contributed by atoms with Crippen molar-refractivity contribution in [1.29, 1.82) is 0 Å². The number of hydrogen-bond acceptors (Lipinski definition) is 4. The van der Waals surface area contributed by atoms with Crippen LogP contribution in [0.2, 0.25) is 0 Å². The summed E-state index contributed by atoms with van der Waals surface area (Å²) < 4.78 is 0. The lowest BCUT2D eigenvalue weighted by Crippen LogP contribution is -2.25. The number of amides is 2. The molecule has 0 aliphatic rings. The van der Waals surface area contributed by atoms with E-state index in [9.17, 15) is 9.59 Å². The monoisotopic (exact) mass is 224 g/mol. The molecule has 2 aromatic heterocycles. The zero-order valence-electron chi connectivity index (χ0n) is 7.79. The summed E-state index contributed by atoms with van der Waals surface area (Å²) in [4.78, 5) is 34.6. The first-order valence-electron chi connectivity index (χ1n) is 4.12. The molecule has 0 aliphatic carbocycles. The van der Waals surface area contributed by atoms with Gasteiger partial charge in [0.2, 0.25) is 0 Å². The van der Waals surface area contributed by atoms with Crippen molar-refractivity contribution in [2.75, 3.05) is 12.4 Å². The number of nitrogens with zero attached hydrogens (tertiary/aromatic N) is 2. The Balaban J connectivity index is 0.00000128. The minimum absolute atomic E-state index is 0.